The van der Waals surface area contributed by atoms with Crippen LogP contribution in [-0.4, -0.2) is 76.7 Å². The van der Waals surface area contributed by atoms with Crippen molar-refractivity contribution >= 4 is 91.2 Å². The van der Waals surface area contributed by atoms with Crippen molar-refractivity contribution in [2.45, 2.75) is 19.1 Å². The van der Waals surface area contributed by atoms with Crippen molar-refractivity contribution in [3.8, 4) is 0 Å². The zero-order chi connectivity index (χ0) is 22.3. The summed E-state index contributed by atoms with van der Waals surface area (Å²) < 4.78 is 1.10. The normalized spacial score (nSPS) is 12.4. The minimum absolute atomic E-state index is 0. The molecule has 0 aromatic heterocycles. The van der Waals surface area contributed by atoms with E-state index in [9.17, 15) is 24.6 Å². The Hall–Kier alpha value is 0.660. The number of anilines is 1. The van der Waals surface area contributed by atoms with Crippen LogP contribution in [0.25, 0.3) is 0 Å². The molecule has 3 amide bonds. The molecule has 0 aliphatic heterocycles. The number of halogens is 3. The molecule has 30 heavy (non-hydrogen) atoms. The molecule has 0 aliphatic carbocycles. The third-order valence-electron chi connectivity index (χ3n) is 3.49. The van der Waals surface area contributed by atoms with Gasteiger partial charge in [-0.1, -0.05) is 0 Å². The molecule has 10 nitrogen and oxygen atoms in total. The van der Waals surface area contributed by atoms with E-state index in [2.05, 4.69) is 16.0 Å². The SMILES string of the molecule is CC(=O)Nc1c(I)c(C(=O)NCC(O)CO)c(I)c(C(=O)NCC(O)CO)c1I.[Na+]. The van der Waals surface area contributed by atoms with E-state index >= 15 is 0 Å². The summed E-state index contributed by atoms with van der Waals surface area (Å²) in [7, 11) is 0. The summed E-state index contributed by atoms with van der Waals surface area (Å²) in [6.45, 7) is -0.169. The van der Waals surface area contributed by atoms with Crippen molar-refractivity contribution in [2.75, 3.05) is 31.6 Å². The Morgan fingerprint density at radius 2 is 1.20 bits per heavy atom. The number of aliphatic hydroxyl groups excluding tert-OH is 4. The summed E-state index contributed by atoms with van der Waals surface area (Å²) in [5.74, 6) is -1.59. The molecule has 1 rings (SSSR count). The molecule has 1 aromatic rings. The zero-order valence-electron chi connectivity index (χ0n) is 16.1. The molecular weight excluding hydrogens is 750 g/mol. The van der Waals surface area contributed by atoms with Gasteiger partial charge in [-0.25, -0.2) is 0 Å². The Morgan fingerprint density at radius 3 is 1.50 bits per heavy atom. The topological polar surface area (TPSA) is 168 Å². The number of aliphatic hydroxyl groups is 4. The minimum atomic E-state index is -1.14. The maximum absolute atomic E-state index is 12.7. The second-order valence-corrected chi connectivity index (χ2v) is 9.08. The van der Waals surface area contributed by atoms with Gasteiger partial charge in [-0.05, 0) is 67.8 Å². The summed E-state index contributed by atoms with van der Waals surface area (Å²) in [5.41, 5.74) is 0.515. The quantitative estimate of drug-likeness (QED) is 0.102. The largest absolute Gasteiger partial charge is 1.00 e. The fourth-order valence-electron chi connectivity index (χ4n) is 2.08. The van der Waals surface area contributed by atoms with Gasteiger partial charge >= 0.3 is 29.6 Å². The summed E-state index contributed by atoms with van der Waals surface area (Å²) in [6.07, 6.45) is -2.29. The van der Waals surface area contributed by atoms with E-state index in [1.54, 1.807) is 0 Å². The third kappa shape index (κ3) is 8.54. The number of carbonyl (C=O) groups excluding carboxylic acids is 3. The van der Waals surface area contributed by atoms with Gasteiger partial charge in [0, 0.05) is 23.6 Å². The van der Waals surface area contributed by atoms with Crippen LogP contribution in [0.1, 0.15) is 27.6 Å². The van der Waals surface area contributed by atoms with Crippen LogP contribution in [0, 0.1) is 10.7 Å². The van der Waals surface area contributed by atoms with Crippen LogP contribution in [0.5, 0.6) is 0 Å². The van der Waals surface area contributed by atoms with Gasteiger partial charge in [-0.15, -0.1) is 0 Å². The summed E-state index contributed by atoms with van der Waals surface area (Å²) in [4.78, 5) is 37.0. The number of amides is 3. The number of hydrogen-bond acceptors (Lipinski definition) is 7. The molecule has 0 saturated heterocycles. The smallest absolute Gasteiger partial charge is 0.394 e. The fraction of sp³-hybridized carbons (Fsp3) is 0.438. The first-order chi connectivity index (χ1) is 13.5. The number of benzene rings is 1. The van der Waals surface area contributed by atoms with E-state index in [0.717, 1.165) is 0 Å². The minimum Gasteiger partial charge on any atom is -0.394 e. The number of hydrogen-bond donors (Lipinski definition) is 7. The maximum Gasteiger partial charge on any atom is 1.00 e. The van der Waals surface area contributed by atoms with E-state index in [1.807, 2.05) is 67.8 Å². The summed E-state index contributed by atoms with van der Waals surface area (Å²) >= 11 is 5.60. The molecule has 0 bridgehead atoms. The molecule has 0 spiro atoms. The fourth-order valence-corrected chi connectivity index (χ4v) is 6.49. The van der Waals surface area contributed by atoms with Gasteiger partial charge < -0.3 is 36.4 Å². The van der Waals surface area contributed by atoms with Crippen LogP contribution < -0.4 is 45.5 Å². The molecule has 7 N–H and O–H groups in total. The monoisotopic (exact) mass is 770 g/mol. The number of carbonyl (C=O) groups is 3. The van der Waals surface area contributed by atoms with Gasteiger partial charge in [0.15, 0.2) is 0 Å². The Balaban J connectivity index is 0.00000841. The molecule has 0 fully saturated rings. The second kappa shape index (κ2) is 14.7. The molecular formula is C16H20I3N3NaO7+. The van der Waals surface area contributed by atoms with Gasteiger partial charge in [0.05, 0.1) is 49.4 Å². The number of rotatable bonds is 9. The Kier molecular flexibility index (Phi) is 15.1. The molecule has 2 unspecified atom stereocenters. The molecule has 0 aliphatic rings. The molecule has 2 atom stereocenters. The van der Waals surface area contributed by atoms with Crippen molar-refractivity contribution in [1.82, 2.24) is 10.6 Å². The first-order valence-electron chi connectivity index (χ1n) is 8.17. The van der Waals surface area contributed by atoms with Gasteiger partial charge in [0.25, 0.3) is 11.8 Å². The molecule has 162 valence electrons. The van der Waals surface area contributed by atoms with Crippen LogP contribution in [0.2, 0.25) is 0 Å². The van der Waals surface area contributed by atoms with E-state index in [0.29, 0.717) is 10.7 Å². The average molecular weight is 770 g/mol. The van der Waals surface area contributed by atoms with Crippen molar-refractivity contribution in [2.24, 2.45) is 0 Å². The van der Waals surface area contributed by atoms with Gasteiger partial charge in [-0.3, -0.25) is 14.4 Å². The predicted octanol–water partition coefficient (Wildman–Crippen LogP) is -3.37. The Bertz CT molecular complexity index is 745. The predicted molar refractivity (Wildman–Crippen MR) is 130 cm³/mol. The zero-order valence-corrected chi connectivity index (χ0v) is 24.6. The van der Waals surface area contributed by atoms with Crippen LogP contribution >= 0.6 is 67.8 Å². The van der Waals surface area contributed by atoms with E-state index in [-0.39, 0.29) is 59.5 Å². The Labute approximate surface area is 236 Å². The summed E-state index contributed by atoms with van der Waals surface area (Å²) in [5, 5.41) is 44.3. The van der Waals surface area contributed by atoms with E-state index in [4.69, 9.17) is 10.2 Å². The van der Waals surface area contributed by atoms with Crippen molar-refractivity contribution in [1.29, 1.82) is 0 Å². The van der Waals surface area contributed by atoms with Crippen LogP contribution in [0.4, 0.5) is 5.69 Å². The van der Waals surface area contributed by atoms with Crippen molar-refractivity contribution < 1.29 is 64.4 Å². The molecule has 0 heterocycles. The van der Waals surface area contributed by atoms with Crippen molar-refractivity contribution in [3.63, 3.8) is 0 Å². The van der Waals surface area contributed by atoms with Crippen LogP contribution in [0.15, 0.2) is 0 Å². The molecule has 0 saturated carbocycles. The summed E-state index contributed by atoms with van der Waals surface area (Å²) in [6, 6.07) is 0. The molecule has 1 aromatic carbocycles. The maximum atomic E-state index is 12.7. The van der Waals surface area contributed by atoms with Gasteiger partial charge in [-0.2, -0.15) is 0 Å². The second-order valence-electron chi connectivity index (χ2n) is 5.84. The third-order valence-corrected chi connectivity index (χ3v) is 6.73. The van der Waals surface area contributed by atoms with Gasteiger partial charge in [0.2, 0.25) is 5.91 Å². The molecule has 14 heteroatoms. The standard InChI is InChI=1S/C16H20I3N3O7.Na/c1-6(25)22-14-12(18)9(15(28)20-2-7(26)4-23)11(17)10(13(14)19)16(29)21-3-8(27)5-24;/h7-8,23-24,26-27H,2-5H2,1H3,(H,20,28)(H,21,29)(H,22,25);/q;+1. The van der Waals surface area contributed by atoms with Crippen molar-refractivity contribution in [3.05, 3.63) is 21.8 Å². The van der Waals surface area contributed by atoms with E-state index in [1.165, 1.54) is 6.92 Å². The number of nitrogens with one attached hydrogen (secondary N) is 3. The first-order valence-corrected chi connectivity index (χ1v) is 11.4. The average Bonchev–Trinajstić information content (AvgIpc) is 2.67. The first kappa shape index (κ1) is 30.7. The van der Waals surface area contributed by atoms with E-state index < -0.39 is 43.1 Å². The van der Waals surface area contributed by atoms with Crippen LogP contribution in [0.3, 0.4) is 0 Å². The Morgan fingerprint density at radius 1 is 0.833 bits per heavy atom. The van der Waals surface area contributed by atoms with Gasteiger partial charge in [0.1, 0.15) is 0 Å². The van der Waals surface area contributed by atoms with Crippen LogP contribution in [-0.2, 0) is 4.79 Å². The molecule has 0 radical (unpaired) electrons.